The molecule has 32 heavy (non-hydrogen) atoms. The number of nitriles is 1. The molecule has 4 nitrogen and oxygen atoms in total. The number of carbonyl (C=O) groups is 1. The molecule has 0 aliphatic heterocycles. The van der Waals surface area contributed by atoms with Gasteiger partial charge in [-0.05, 0) is 64.3 Å². The molecule has 9 heteroatoms. The number of hydrogen-bond acceptors (Lipinski definition) is 6. The molecule has 0 saturated heterocycles. The minimum absolute atomic E-state index is 0.102. The number of thiophene rings is 1. The first-order valence-corrected chi connectivity index (χ1v) is 11.9. The normalized spacial score (nSPS) is 11.2. The zero-order valence-electron chi connectivity index (χ0n) is 17.1. The third-order valence-electron chi connectivity index (χ3n) is 4.44. The van der Waals surface area contributed by atoms with Gasteiger partial charge in [-0.15, -0.1) is 23.1 Å². The van der Waals surface area contributed by atoms with Gasteiger partial charge in [-0.1, -0.05) is 12.1 Å². The molecule has 3 rings (SSSR count). The fourth-order valence-corrected chi connectivity index (χ4v) is 5.26. The Morgan fingerprint density at radius 3 is 2.78 bits per heavy atom. The molecule has 0 atom stereocenters. The summed E-state index contributed by atoms with van der Waals surface area (Å²) in [4.78, 5) is 16.9. The lowest BCUT2D eigenvalue weighted by Crippen LogP contribution is -1.99. The number of thioether (sulfide) groups is 1. The second kappa shape index (κ2) is 10.9. The molecular weight excluding hydrogens is 518 g/mol. The van der Waals surface area contributed by atoms with Crippen LogP contribution in [0.1, 0.15) is 44.0 Å². The third-order valence-corrected chi connectivity index (χ3v) is 7.17. The number of nitrogens with zero attached hydrogens (tertiary/aromatic N) is 2. The molecule has 0 saturated carbocycles. The van der Waals surface area contributed by atoms with Crippen LogP contribution in [0.5, 0.6) is 5.75 Å². The number of pyridine rings is 1. The Bertz CT molecular complexity index is 1220. The molecule has 0 radical (unpaired) electrons. The molecule has 0 fully saturated rings. The van der Waals surface area contributed by atoms with E-state index in [2.05, 4.69) is 20.9 Å². The number of carbonyl (C=O) groups excluding carboxylic acids is 1. The topological polar surface area (TPSA) is 63.0 Å². The zero-order chi connectivity index (χ0) is 23.3. The average Bonchev–Trinajstić information content (AvgIpc) is 3.22. The van der Waals surface area contributed by atoms with Crippen LogP contribution in [0.3, 0.4) is 0 Å². The van der Waals surface area contributed by atoms with Crippen LogP contribution in [0.2, 0.25) is 0 Å². The molecule has 0 amide bonds. The highest BCUT2D eigenvalue weighted by Crippen LogP contribution is 2.32. The number of methoxy groups -OCH3 is 1. The van der Waals surface area contributed by atoms with E-state index in [4.69, 9.17) is 4.74 Å². The predicted molar refractivity (Wildman–Crippen MR) is 127 cm³/mol. The molecular formula is C23H17BrF2N2O2S2. The van der Waals surface area contributed by atoms with Gasteiger partial charge in [-0.3, -0.25) is 4.79 Å². The minimum atomic E-state index is -2.72. The van der Waals surface area contributed by atoms with E-state index < -0.39 is 6.43 Å². The van der Waals surface area contributed by atoms with Crippen molar-refractivity contribution in [1.29, 1.82) is 5.26 Å². The molecule has 0 spiro atoms. The fraction of sp³-hybridized carbons (Fsp3) is 0.174. The van der Waals surface area contributed by atoms with E-state index in [1.165, 1.54) is 42.4 Å². The Hall–Kier alpha value is -2.54. The van der Waals surface area contributed by atoms with Crippen LogP contribution < -0.4 is 4.74 Å². The van der Waals surface area contributed by atoms with Gasteiger partial charge in [-0.25, -0.2) is 13.8 Å². The van der Waals surface area contributed by atoms with Gasteiger partial charge in [0.1, 0.15) is 22.5 Å². The van der Waals surface area contributed by atoms with Crippen LogP contribution >= 0.6 is 39.0 Å². The van der Waals surface area contributed by atoms with Gasteiger partial charge in [0.05, 0.1) is 17.6 Å². The van der Waals surface area contributed by atoms with Gasteiger partial charge >= 0.3 is 0 Å². The van der Waals surface area contributed by atoms with Gasteiger partial charge in [-0.2, -0.15) is 5.26 Å². The summed E-state index contributed by atoms with van der Waals surface area (Å²) in [5.41, 5.74) is 1.96. The zero-order valence-corrected chi connectivity index (χ0v) is 20.3. The van der Waals surface area contributed by atoms with E-state index in [1.807, 2.05) is 23.6 Å². The van der Waals surface area contributed by atoms with E-state index in [0.717, 1.165) is 15.6 Å². The molecule has 164 valence electrons. The number of halogens is 3. The smallest absolute Gasteiger partial charge is 0.280 e. The number of ketones is 1. The van der Waals surface area contributed by atoms with Crippen molar-refractivity contribution < 1.29 is 18.3 Å². The number of aryl methyl sites for hydroxylation is 1. The quantitative estimate of drug-likeness (QED) is 0.173. The molecule has 0 N–H and O–H groups in total. The second-order valence-electron chi connectivity index (χ2n) is 6.64. The van der Waals surface area contributed by atoms with Crippen molar-refractivity contribution in [1.82, 2.24) is 4.98 Å². The number of benzene rings is 1. The summed E-state index contributed by atoms with van der Waals surface area (Å²) in [7, 11) is 1.54. The van der Waals surface area contributed by atoms with E-state index in [9.17, 15) is 18.8 Å². The van der Waals surface area contributed by atoms with Gasteiger partial charge in [0.2, 0.25) is 0 Å². The SMILES string of the molecule is COc1ccc(/C=C/C(=O)c2cc(Br)cs2)cc1CSc1nc(C(F)F)cc(C)c1C#N. The summed E-state index contributed by atoms with van der Waals surface area (Å²) in [6.07, 6.45) is 0.497. The predicted octanol–water partition coefficient (Wildman–Crippen LogP) is 7.22. The summed E-state index contributed by atoms with van der Waals surface area (Å²) in [6.45, 7) is 1.62. The van der Waals surface area contributed by atoms with E-state index in [1.54, 1.807) is 25.1 Å². The first kappa shape index (κ1) is 24.1. The van der Waals surface area contributed by atoms with Crippen molar-refractivity contribution in [3.63, 3.8) is 0 Å². The first-order chi connectivity index (χ1) is 15.3. The lowest BCUT2D eigenvalue weighted by Gasteiger charge is -2.12. The number of hydrogen-bond donors (Lipinski definition) is 0. The van der Waals surface area contributed by atoms with Crippen LogP contribution in [-0.2, 0) is 5.75 Å². The summed E-state index contributed by atoms with van der Waals surface area (Å²) in [6, 6.07) is 10.5. The average molecular weight is 535 g/mol. The maximum Gasteiger partial charge on any atom is 0.280 e. The van der Waals surface area contributed by atoms with Crippen molar-refractivity contribution in [2.45, 2.75) is 24.1 Å². The Morgan fingerprint density at radius 1 is 1.38 bits per heavy atom. The molecule has 1 aromatic carbocycles. The Kier molecular flexibility index (Phi) is 8.18. The van der Waals surface area contributed by atoms with E-state index >= 15 is 0 Å². The lowest BCUT2D eigenvalue weighted by atomic mass is 10.1. The van der Waals surface area contributed by atoms with Gasteiger partial charge in [0.15, 0.2) is 5.78 Å². The van der Waals surface area contributed by atoms with Crippen molar-refractivity contribution in [3.05, 3.63) is 79.1 Å². The van der Waals surface area contributed by atoms with Crippen molar-refractivity contribution >= 4 is 50.9 Å². The summed E-state index contributed by atoms with van der Waals surface area (Å²) < 4.78 is 32.6. The van der Waals surface area contributed by atoms with Crippen molar-refractivity contribution in [3.8, 4) is 11.8 Å². The van der Waals surface area contributed by atoms with Crippen LogP contribution in [0.25, 0.3) is 6.08 Å². The molecule has 0 aliphatic carbocycles. The highest BCUT2D eigenvalue weighted by molar-refractivity contribution is 9.10. The number of ether oxygens (including phenoxy) is 1. The van der Waals surface area contributed by atoms with Crippen molar-refractivity contribution in [2.24, 2.45) is 0 Å². The Balaban J connectivity index is 1.83. The Morgan fingerprint density at radius 2 is 2.16 bits per heavy atom. The fourth-order valence-electron chi connectivity index (χ4n) is 2.88. The largest absolute Gasteiger partial charge is 0.496 e. The summed E-state index contributed by atoms with van der Waals surface area (Å²) in [5.74, 6) is 0.864. The standard InChI is InChI=1S/C23H17BrF2N2O2S2/c1-13-7-18(22(25)26)28-23(17(13)10-27)32-11-15-8-14(4-6-20(15)30-2)3-5-19(29)21-9-16(24)12-31-21/h3-9,12,22H,11H2,1-2H3/b5-3+. The van der Waals surface area contributed by atoms with Crippen LogP contribution in [0.4, 0.5) is 8.78 Å². The van der Waals surface area contributed by atoms with Gasteiger partial charge < -0.3 is 4.74 Å². The Labute approximate surface area is 201 Å². The maximum absolute atomic E-state index is 13.2. The summed E-state index contributed by atoms with van der Waals surface area (Å²) in [5, 5.41) is 11.5. The van der Waals surface area contributed by atoms with Crippen LogP contribution in [0.15, 0.2) is 51.3 Å². The molecule has 0 aliphatic rings. The molecule has 2 aromatic heterocycles. The molecule has 3 aromatic rings. The highest BCUT2D eigenvalue weighted by Gasteiger charge is 2.17. The number of rotatable bonds is 8. The first-order valence-electron chi connectivity index (χ1n) is 9.28. The lowest BCUT2D eigenvalue weighted by molar-refractivity contribution is 0.105. The molecule has 0 bridgehead atoms. The maximum atomic E-state index is 13.2. The molecule has 0 unspecified atom stereocenters. The monoisotopic (exact) mass is 534 g/mol. The number of allylic oxidation sites excluding steroid dienone is 1. The van der Waals surface area contributed by atoms with E-state index in [-0.39, 0.29) is 22.1 Å². The van der Waals surface area contributed by atoms with Gasteiger partial charge in [0, 0.05) is 21.2 Å². The minimum Gasteiger partial charge on any atom is -0.496 e. The molecule has 2 heterocycles. The highest BCUT2D eigenvalue weighted by atomic mass is 79.9. The van der Waals surface area contributed by atoms with Crippen LogP contribution in [0, 0.1) is 18.3 Å². The third kappa shape index (κ3) is 5.82. The van der Waals surface area contributed by atoms with Crippen molar-refractivity contribution in [2.75, 3.05) is 7.11 Å². The second-order valence-corrected chi connectivity index (χ2v) is 9.43. The van der Waals surface area contributed by atoms with Gasteiger partial charge in [0.25, 0.3) is 6.43 Å². The number of aromatic nitrogens is 1. The van der Waals surface area contributed by atoms with Crippen LogP contribution in [-0.4, -0.2) is 17.9 Å². The number of alkyl halides is 2. The van der Waals surface area contributed by atoms with E-state index in [0.29, 0.717) is 21.9 Å². The summed E-state index contributed by atoms with van der Waals surface area (Å²) >= 11 is 5.89.